The van der Waals surface area contributed by atoms with E-state index in [-0.39, 0.29) is 11.7 Å². The highest BCUT2D eigenvalue weighted by Crippen LogP contribution is 2.25. The average molecular weight is 337 g/mol. The van der Waals surface area contributed by atoms with Crippen LogP contribution in [0.5, 0.6) is 0 Å². The lowest BCUT2D eigenvalue weighted by molar-refractivity contribution is -0.117. The smallest absolute Gasteiger partial charge is 0.245 e. The van der Waals surface area contributed by atoms with Gasteiger partial charge in [0.25, 0.3) is 0 Å². The second-order valence-corrected chi connectivity index (χ2v) is 5.31. The van der Waals surface area contributed by atoms with Gasteiger partial charge in [-0.25, -0.2) is 4.39 Å². The third-order valence-corrected chi connectivity index (χ3v) is 3.57. The Labute approximate surface area is 125 Å². The van der Waals surface area contributed by atoms with Crippen LogP contribution in [0.15, 0.2) is 46.9 Å². The predicted octanol–water partition coefficient (Wildman–Crippen LogP) is 3.54. The van der Waals surface area contributed by atoms with Gasteiger partial charge in [-0.2, -0.15) is 0 Å². The molecule has 0 aliphatic rings. The van der Waals surface area contributed by atoms with Crippen molar-refractivity contribution in [3.05, 3.63) is 63.9 Å². The lowest BCUT2D eigenvalue weighted by Gasteiger charge is -2.14. The van der Waals surface area contributed by atoms with Gasteiger partial charge in [0.15, 0.2) is 0 Å². The van der Waals surface area contributed by atoms with E-state index in [1.165, 1.54) is 12.1 Å². The fourth-order valence-corrected chi connectivity index (χ4v) is 2.15. The van der Waals surface area contributed by atoms with E-state index in [0.29, 0.717) is 15.7 Å². The van der Waals surface area contributed by atoms with Gasteiger partial charge in [-0.05, 0) is 46.1 Å². The van der Waals surface area contributed by atoms with E-state index in [1.54, 1.807) is 19.1 Å². The van der Waals surface area contributed by atoms with Gasteiger partial charge in [0, 0.05) is 5.69 Å². The molecule has 0 fully saturated rings. The molecule has 20 heavy (non-hydrogen) atoms. The third-order valence-electron chi connectivity index (χ3n) is 2.97. The minimum absolute atomic E-state index is 0.298. The summed E-state index contributed by atoms with van der Waals surface area (Å²) < 4.78 is 13.6. The van der Waals surface area contributed by atoms with E-state index < -0.39 is 6.04 Å². The summed E-state index contributed by atoms with van der Waals surface area (Å²) >= 11 is 3.09. The van der Waals surface area contributed by atoms with Crippen LogP contribution in [-0.4, -0.2) is 5.91 Å². The van der Waals surface area contributed by atoms with Gasteiger partial charge in [-0.15, -0.1) is 0 Å². The summed E-state index contributed by atoms with van der Waals surface area (Å²) in [7, 11) is 0. The normalized spacial score (nSPS) is 12.0. The zero-order valence-corrected chi connectivity index (χ0v) is 12.4. The highest BCUT2D eigenvalue weighted by Gasteiger charge is 2.17. The largest absolute Gasteiger partial charge is 0.324 e. The van der Waals surface area contributed by atoms with Crippen molar-refractivity contribution in [2.24, 2.45) is 5.73 Å². The van der Waals surface area contributed by atoms with E-state index in [4.69, 9.17) is 5.73 Å². The maximum atomic E-state index is 13.3. The second kappa shape index (κ2) is 6.15. The van der Waals surface area contributed by atoms with E-state index in [2.05, 4.69) is 21.2 Å². The van der Waals surface area contributed by atoms with Crippen LogP contribution in [0.1, 0.15) is 17.2 Å². The molecule has 3 N–H and O–H groups in total. The first-order valence-electron chi connectivity index (χ1n) is 6.06. The molecule has 2 aromatic rings. The molecule has 0 aliphatic heterocycles. The van der Waals surface area contributed by atoms with E-state index >= 15 is 0 Å². The molecule has 1 atom stereocenters. The van der Waals surface area contributed by atoms with Crippen molar-refractivity contribution >= 4 is 27.5 Å². The van der Waals surface area contributed by atoms with Crippen LogP contribution in [0.25, 0.3) is 0 Å². The van der Waals surface area contributed by atoms with E-state index in [1.807, 2.05) is 18.2 Å². The minimum atomic E-state index is -0.764. The summed E-state index contributed by atoms with van der Waals surface area (Å²) in [6, 6.07) is 11.2. The molecule has 0 radical (unpaired) electrons. The SMILES string of the molecule is Cc1cc(F)c(Br)cc1NC(=O)[C@@H](N)c1ccccc1. The first kappa shape index (κ1) is 14.7. The zero-order chi connectivity index (χ0) is 14.7. The number of carbonyl (C=O) groups is 1. The van der Waals surface area contributed by atoms with Crippen LogP contribution in [-0.2, 0) is 4.79 Å². The van der Waals surface area contributed by atoms with Gasteiger partial charge in [-0.1, -0.05) is 30.3 Å². The molecular weight excluding hydrogens is 323 g/mol. The standard InChI is InChI=1S/C15H14BrFN2O/c1-9-7-12(17)11(16)8-13(9)19-15(20)14(18)10-5-3-2-4-6-10/h2-8,14H,18H2,1H3,(H,19,20)/t14-/m0/s1. The van der Waals surface area contributed by atoms with Crippen LogP contribution in [0.4, 0.5) is 10.1 Å². The van der Waals surface area contributed by atoms with Gasteiger partial charge in [0.2, 0.25) is 5.91 Å². The molecule has 0 unspecified atom stereocenters. The molecule has 0 aromatic heterocycles. The Hall–Kier alpha value is -1.72. The fraction of sp³-hybridized carbons (Fsp3) is 0.133. The van der Waals surface area contributed by atoms with Crippen LogP contribution in [0.2, 0.25) is 0 Å². The number of hydrogen-bond acceptors (Lipinski definition) is 2. The molecule has 2 aromatic carbocycles. The van der Waals surface area contributed by atoms with Gasteiger partial charge in [0.1, 0.15) is 11.9 Å². The van der Waals surface area contributed by atoms with Crippen molar-refractivity contribution in [1.29, 1.82) is 0 Å². The number of amides is 1. The summed E-state index contributed by atoms with van der Waals surface area (Å²) in [5.41, 5.74) is 7.81. The number of nitrogens with one attached hydrogen (secondary N) is 1. The molecule has 0 spiro atoms. The Morgan fingerprint density at radius 2 is 1.95 bits per heavy atom. The number of carbonyl (C=O) groups excluding carboxylic acids is 1. The summed E-state index contributed by atoms with van der Waals surface area (Å²) in [5, 5.41) is 2.72. The first-order valence-corrected chi connectivity index (χ1v) is 6.85. The van der Waals surface area contributed by atoms with Gasteiger partial charge in [0.05, 0.1) is 4.47 Å². The van der Waals surface area contributed by atoms with Crippen LogP contribution >= 0.6 is 15.9 Å². The summed E-state index contributed by atoms with van der Waals surface area (Å²) in [5.74, 6) is -0.703. The quantitative estimate of drug-likeness (QED) is 0.900. The van der Waals surface area contributed by atoms with Crippen LogP contribution < -0.4 is 11.1 Å². The van der Waals surface area contributed by atoms with Crippen LogP contribution in [0.3, 0.4) is 0 Å². The van der Waals surface area contributed by atoms with Gasteiger partial charge in [-0.3, -0.25) is 4.79 Å². The number of anilines is 1. The number of aryl methyl sites for hydroxylation is 1. The summed E-state index contributed by atoms with van der Waals surface area (Å²) in [6.45, 7) is 1.72. The van der Waals surface area contributed by atoms with Gasteiger partial charge < -0.3 is 11.1 Å². The molecular formula is C15H14BrFN2O. The molecule has 3 nitrogen and oxygen atoms in total. The number of halogens is 2. The molecule has 1 amide bonds. The topological polar surface area (TPSA) is 55.1 Å². The number of hydrogen-bond donors (Lipinski definition) is 2. The Bertz CT molecular complexity index is 631. The zero-order valence-electron chi connectivity index (χ0n) is 10.9. The first-order chi connectivity index (χ1) is 9.49. The van der Waals surface area contributed by atoms with Crippen molar-refractivity contribution < 1.29 is 9.18 Å². The second-order valence-electron chi connectivity index (χ2n) is 4.46. The molecule has 0 saturated heterocycles. The fourth-order valence-electron chi connectivity index (χ4n) is 1.80. The molecule has 0 heterocycles. The predicted molar refractivity (Wildman–Crippen MR) is 80.8 cm³/mol. The molecule has 0 saturated carbocycles. The number of nitrogens with two attached hydrogens (primary N) is 1. The van der Waals surface area contributed by atoms with Crippen molar-refractivity contribution in [3.8, 4) is 0 Å². The molecule has 5 heteroatoms. The molecule has 104 valence electrons. The maximum absolute atomic E-state index is 13.3. The Morgan fingerprint density at radius 3 is 2.60 bits per heavy atom. The molecule has 2 rings (SSSR count). The Balaban J connectivity index is 2.18. The molecule has 0 bridgehead atoms. The minimum Gasteiger partial charge on any atom is -0.324 e. The van der Waals surface area contributed by atoms with Crippen molar-refractivity contribution in [2.45, 2.75) is 13.0 Å². The van der Waals surface area contributed by atoms with E-state index in [9.17, 15) is 9.18 Å². The summed E-state index contributed by atoms with van der Waals surface area (Å²) in [4.78, 5) is 12.1. The Kier molecular flexibility index (Phi) is 4.52. The average Bonchev–Trinajstić information content (AvgIpc) is 2.44. The lowest BCUT2D eigenvalue weighted by Crippen LogP contribution is -2.28. The van der Waals surface area contributed by atoms with Crippen molar-refractivity contribution in [2.75, 3.05) is 5.32 Å². The summed E-state index contributed by atoms with van der Waals surface area (Å²) in [6.07, 6.45) is 0. The number of benzene rings is 2. The lowest BCUT2D eigenvalue weighted by atomic mass is 10.1. The maximum Gasteiger partial charge on any atom is 0.245 e. The number of rotatable bonds is 3. The van der Waals surface area contributed by atoms with Gasteiger partial charge >= 0.3 is 0 Å². The Morgan fingerprint density at radius 1 is 1.30 bits per heavy atom. The highest BCUT2D eigenvalue weighted by molar-refractivity contribution is 9.10. The van der Waals surface area contributed by atoms with Crippen LogP contribution in [0, 0.1) is 12.7 Å². The third kappa shape index (κ3) is 3.23. The molecule has 0 aliphatic carbocycles. The monoisotopic (exact) mass is 336 g/mol. The van der Waals surface area contributed by atoms with E-state index in [0.717, 1.165) is 5.56 Å². The van der Waals surface area contributed by atoms with Crippen molar-refractivity contribution in [3.63, 3.8) is 0 Å². The highest BCUT2D eigenvalue weighted by atomic mass is 79.9. The van der Waals surface area contributed by atoms with Crippen molar-refractivity contribution in [1.82, 2.24) is 0 Å².